The molecule has 0 radical (unpaired) electrons. The van der Waals surface area contributed by atoms with E-state index in [1.165, 1.54) is 29.4 Å². The second-order valence-electron chi connectivity index (χ2n) is 6.96. The molecule has 1 aliphatic rings. The third-order valence-corrected chi connectivity index (χ3v) is 5.80. The van der Waals surface area contributed by atoms with Crippen LogP contribution < -0.4 is 14.8 Å². The minimum Gasteiger partial charge on any atom is -0.454 e. The number of hydrogen-bond donors (Lipinski definition) is 1. The molecule has 2 heterocycles. The molecule has 2 aromatic carbocycles. The molecule has 0 unspecified atom stereocenters. The van der Waals surface area contributed by atoms with Gasteiger partial charge >= 0.3 is 0 Å². The first kappa shape index (κ1) is 19.7. The van der Waals surface area contributed by atoms with Crippen molar-refractivity contribution in [3.8, 4) is 28.8 Å². The molecule has 0 saturated heterocycles. The van der Waals surface area contributed by atoms with Crippen LogP contribution in [0.2, 0.25) is 0 Å². The highest BCUT2D eigenvalue weighted by Gasteiger charge is 2.19. The van der Waals surface area contributed by atoms with E-state index in [2.05, 4.69) is 42.4 Å². The molecule has 0 atom stereocenters. The van der Waals surface area contributed by atoms with E-state index in [9.17, 15) is 10.1 Å². The molecule has 4 rings (SSSR count). The molecular weight excluding hydrogens is 398 g/mol. The molecule has 3 aromatic rings. The van der Waals surface area contributed by atoms with Crippen molar-refractivity contribution >= 4 is 28.4 Å². The minimum atomic E-state index is -0.117. The van der Waals surface area contributed by atoms with E-state index >= 15 is 0 Å². The molecule has 0 saturated carbocycles. The number of aromatic nitrogens is 1. The summed E-state index contributed by atoms with van der Waals surface area (Å²) in [7, 11) is 0. The predicted molar refractivity (Wildman–Crippen MR) is 117 cm³/mol. The van der Waals surface area contributed by atoms with E-state index in [4.69, 9.17) is 9.47 Å². The number of rotatable bonds is 5. The van der Waals surface area contributed by atoms with Crippen molar-refractivity contribution < 1.29 is 14.3 Å². The van der Waals surface area contributed by atoms with Crippen LogP contribution in [0.25, 0.3) is 16.8 Å². The number of carbonyl (C=O) groups is 1. The number of nitriles is 1. The summed E-state index contributed by atoms with van der Waals surface area (Å²) in [5, 5.41) is 15.3. The Morgan fingerprint density at radius 2 is 1.97 bits per heavy atom. The topological polar surface area (TPSA) is 84.2 Å². The lowest BCUT2D eigenvalue weighted by atomic mass is 10.1. The third-order valence-electron chi connectivity index (χ3n) is 4.92. The minimum absolute atomic E-state index is 0.117. The second kappa shape index (κ2) is 8.01. The van der Waals surface area contributed by atoms with Gasteiger partial charge in [0.05, 0.1) is 11.4 Å². The Bertz CT molecular complexity index is 1220. The molecular formula is C23H19N3O3S. The zero-order valence-corrected chi connectivity index (χ0v) is 17.6. The molecule has 6 nitrogen and oxygen atoms in total. The molecule has 30 heavy (non-hydrogen) atoms. The maximum absolute atomic E-state index is 12.0. The number of carbonyl (C=O) groups excluding carboxylic acids is 1. The van der Waals surface area contributed by atoms with Crippen LogP contribution in [0.3, 0.4) is 0 Å². The lowest BCUT2D eigenvalue weighted by Gasteiger charge is -2.09. The summed E-state index contributed by atoms with van der Waals surface area (Å²) in [4.78, 5) is 16.7. The monoisotopic (exact) mass is 417 g/mol. The summed E-state index contributed by atoms with van der Waals surface area (Å²) in [5.41, 5.74) is 5.64. The Kier molecular flexibility index (Phi) is 5.25. The molecule has 0 fully saturated rings. The van der Waals surface area contributed by atoms with Crippen molar-refractivity contribution in [1.29, 1.82) is 5.26 Å². The van der Waals surface area contributed by atoms with E-state index < -0.39 is 0 Å². The van der Waals surface area contributed by atoms with E-state index in [-0.39, 0.29) is 12.6 Å². The summed E-state index contributed by atoms with van der Waals surface area (Å²) in [6, 6.07) is 11.7. The second-order valence-corrected chi connectivity index (χ2v) is 7.82. The van der Waals surface area contributed by atoms with Crippen LogP contribution in [0.1, 0.15) is 33.4 Å². The molecule has 0 aliphatic carbocycles. The van der Waals surface area contributed by atoms with E-state index in [1.54, 1.807) is 18.3 Å². The number of ether oxygens (including phenoxy) is 2. The van der Waals surface area contributed by atoms with Crippen molar-refractivity contribution in [2.45, 2.75) is 20.8 Å². The Hall–Kier alpha value is -3.63. The number of aryl methyl sites for hydroxylation is 2. The van der Waals surface area contributed by atoms with Crippen molar-refractivity contribution in [2.75, 3.05) is 12.1 Å². The molecule has 0 spiro atoms. The van der Waals surface area contributed by atoms with E-state index in [0.29, 0.717) is 33.3 Å². The smallest absolute Gasteiger partial charge is 0.231 e. The number of Topliss-reactive ketones (excluding diaryl/α,β-unsaturated/α-hetero) is 1. The maximum atomic E-state index is 12.0. The molecule has 1 aliphatic heterocycles. The van der Waals surface area contributed by atoms with Crippen molar-refractivity contribution in [3.05, 3.63) is 63.6 Å². The molecule has 7 heteroatoms. The number of allylic oxidation sites excluding steroid dienone is 1. The van der Waals surface area contributed by atoms with Gasteiger partial charge in [-0.05, 0) is 44.0 Å². The lowest BCUT2D eigenvalue weighted by molar-refractivity contribution is 0.101. The first-order valence-corrected chi connectivity index (χ1v) is 10.2. The highest BCUT2D eigenvalue weighted by atomic mass is 32.1. The van der Waals surface area contributed by atoms with Crippen LogP contribution in [0, 0.1) is 25.2 Å². The van der Waals surface area contributed by atoms with Gasteiger partial charge in [0.2, 0.25) is 6.79 Å². The summed E-state index contributed by atoms with van der Waals surface area (Å²) in [5.74, 6) is 0.975. The Morgan fingerprint density at radius 1 is 1.20 bits per heavy atom. The van der Waals surface area contributed by atoms with Gasteiger partial charge in [0.25, 0.3) is 0 Å². The number of hydrogen-bond acceptors (Lipinski definition) is 7. The number of nitrogens with one attached hydrogen (secondary N) is 1. The van der Waals surface area contributed by atoms with Gasteiger partial charge in [0.1, 0.15) is 16.6 Å². The molecule has 150 valence electrons. The SMILES string of the molecule is CC(=O)c1cc2c(cc1N/C=C(\C#N)c1nc(-c3ccc(C)c(C)c3)cs1)OCO2. The quantitative estimate of drug-likeness (QED) is 0.446. The van der Waals surface area contributed by atoms with E-state index in [0.717, 1.165) is 11.3 Å². The van der Waals surface area contributed by atoms with Crippen molar-refractivity contribution in [1.82, 2.24) is 4.98 Å². The largest absolute Gasteiger partial charge is 0.454 e. The van der Waals surface area contributed by atoms with Gasteiger partial charge < -0.3 is 14.8 Å². The first-order valence-electron chi connectivity index (χ1n) is 9.31. The van der Waals surface area contributed by atoms with Gasteiger partial charge in [0.15, 0.2) is 17.3 Å². The molecule has 0 bridgehead atoms. The lowest BCUT2D eigenvalue weighted by Crippen LogP contribution is -2.00. The third kappa shape index (κ3) is 3.78. The average molecular weight is 417 g/mol. The first-order chi connectivity index (χ1) is 14.5. The number of benzene rings is 2. The number of fused-ring (bicyclic) bond motifs is 1. The number of ketones is 1. The van der Waals surface area contributed by atoms with Crippen molar-refractivity contribution in [3.63, 3.8) is 0 Å². The van der Waals surface area contributed by atoms with E-state index in [1.807, 2.05) is 11.4 Å². The van der Waals surface area contributed by atoms with Gasteiger partial charge in [-0.25, -0.2) is 4.98 Å². The fourth-order valence-corrected chi connectivity index (χ4v) is 3.87. The highest BCUT2D eigenvalue weighted by Crippen LogP contribution is 2.37. The number of thiazole rings is 1. The normalized spacial score (nSPS) is 12.5. The van der Waals surface area contributed by atoms with Crippen LogP contribution in [0.5, 0.6) is 11.5 Å². The zero-order chi connectivity index (χ0) is 21.3. The summed E-state index contributed by atoms with van der Waals surface area (Å²) in [6.07, 6.45) is 1.56. The molecule has 0 amide bonds. The Balaban J connectivity index is 1.63. The van der Waals surface area contributed by atoms with Crippen LogP contribution >= 0.6 is 11.3 Å². The number of anilines is 1. The van der Waals surface area contributed by atoms with Gasteiger partial charge in [-0.15, -0.1) is 11.3 Å². The van der Waals surface area contributed by atoms with Gasteiger partial charge in [-0.2, -0.15) is 5.26 Å². The Morgan fingerprint density at radius 3 is 2.67 bits per heavy atom. The Labute approximate surface area is 178 Å². The highest BCUT2D eigenvalue weighted by molar-refractivity contribution is 7.11. The van der Waals surface area contributed by atoms with Gasteiger partial charge in [0, 0.05) is 28.8 Å². The summed E-state index contributed by atoms with van der Waals surface area (Å²) in [6.45, 7) is 5.73. The average Bonchev–Trinajstić information content (AvgIpc) is 3.39. The summed E-state index contributed by atoms with van der Waals surface area (Å²) >= 11 is 1.40. The van der Waals surface area contributed by atoms with Gasteiger partial charge in [-0.3, -0.25) is 4.79 Å². The standard InChI is InChI=1S/C23H19N3O3S/c1-13-4-5-16(6-14(13)2)20-11-30-23(26-20)17(9-24)10-25-19-8-22-21(28-12-29-22)7-18(19)15(3)27/h4-8,10-11,25H,12H2,1-3H3/b17-10+. The van der Waals surface area contributed by atoms with Crippen LogP contribution in [-0.4, -0.2) is 17.6 Å². The fraction of sp³-hybridized carbons (Fsp3) is 0.174. The van der Waals surface area contributed by atoms with Crippen LogP contribution in [0.4, 0.5) is 5.69 Å². The van der Waals surface area contributed by atoms with Gasteiger partial charge in [-0.1, -0.05) is 12.1 Å². The van der Waals surface area contributed by atoms with Crippen molar-refractivity contribution in [2.24, 2.45) is 0 Å². The number of nitrogens with zero attached hydrogens (tertiary/aromatic N) is 2. The van der Waals surface area contributed by atoms with Crippen LogP contribution in [0.15, 0.2) is 41.9 Å². The molecule has 1 N–H and O–H groups in total. The zero-order valence-electron chi connectivity index (χ0n) is 16.8. The molecule has 1 aromatic heterocycles. The van der Waals surface area contributed by atoms with Crippen LogP contribution in [-0.2, 0) is 0 Å². The fourth-order valence-electron chi connectivity index (χ4n) is 3.08. The summed E-state index contributed by atoms with van der Waals surface area (Å²) < 4.78 is 10.7. The maximum Gasteiger partial charge on any atom is 0.231 e. The predicted octanol–water partition coefficient (Wildman–Crippen LogP) is 5.33.